The molecule has 23 heavy (non-hydrogen) atoms. The van der Waals surface area contributed by atoms with Gasteiger partial charge in [0.15, 0.2) is 6.61 Å². The SMILES string of the molecule is CCC(CC)NC(=O)CO/N=C(\C)c1ccc(NC(C)=O)cc1. The lowest BCUT2D eigenvalue weighted by Gasteiger charge is -2.13. The average Bonchev–Trinajstić information content (AvgIpc) is 2.52. The van der Waals surface area contributed by atoms with Gasteiger partial charge in [-0.25, -0.2) is 0 Å². The van der Waals surface area contributed by atoms with Crippen LogP contribution in [0.3, 0.4) is 0 Å². The Morgan fingerprint density at radius 2 is 1.74 bits per heavy atom. The molecule has 0 unspecified atom stereocenters. The second-order valence-corrected chi connectivity index (χ2v) is 5.29. The first kappa shape index (κ1) is 18.7. The van der Waals surface area contributed by atoms with Crippen molar-refractivity contribution in [2.75, 3.05) is 11.9 Å². The van der Waals surface area contributed by atoms with Crippen LogP contribution in [0.15, 0.2) is 29.4 Å². The number of nitrogens with zero attached hydrogens (tertiary/aromatic N) is 1. The van der Waals surface area contributed by atoms with Gasteiger partial charge in [-0.1, -0.05) is 31.1 Å². The molecule has 0 fully saturated rings. The zero-order valence-corrected chi connectivity index (χ0v) is 14.2. The van der Waals surface area contributed by atoms with Crippen molar-refractivity contribution in [3.05, 3.63) is 29.8 Å². The summed E-state index contributed by atoms with van der Waals surface area (Å²) >= 11 is 0. The van der Waals surface area contributed by atoms with Gasteiger partial charge in [0.05, 0.1) is 5.71 Å². The van der Waals surface area contributed by atoms with Crippen LogP contribution in [0.2, 0.25) is 0 Å². The molecule has 1 aromatic rings. The van der Waals surface area contributed by atoms with Gasteiger partial charge in [0, 0.05) is 18.7 Å². The lowest BCUT2D eigenvalue weighted by Crippen LogP contribution is -2.36. The van der Waals surface area contributed by atoms with E-state index in [-0.39, 0.29) is 24.5 Å². The van der Waals surface area contributed by atoms with Crippen molar-refractivity contribution in [3.63, 3.8) is 0 Å². The molecule has 0 aliphatic carbocycles. The number of anilines is 1. The summed E-state index contributed by atoms with van der Waals surface area (Å²) in [6, 6.07) is 7.41. The van der Waals surface area contributed by atoms with Gasteiger partial charge in [-0.15, -0.1) is 0 Å². The van der Waals surface area contributed by atoms with E-state index in [0.717, 1.165) is 24.1 Å². The van der Waals surface area contributed by atoms with Crippen LogP contribution in [0.1, 0.15) is 46.1 Å². The fourth-order valence-corrected chi connectivity index (χ4v) is 2.00. The Morgan fingerprint density at radius 1 is 1.13 bits per heavy atom. The fraction of sp³-hybridized carbons (Fsp3) is 0.471. The molecule has 0 saturated heterocycles. The minimum atomic E-state index is -0.170. The second kappa shape index (κ2) is 9.61. The van der Waals surface area contributed by atoms with Crippen molar-refractivity contribution in [2.24, 2.45) is 5.16 Å². The van der Waals surface area contributed by atoms with Gasteiger partial charge in [0.25, 0.3) is 5.91 Å². The van der Waals surface area contributed by atoms with E-state index < -0.39 is 0 Å². The Morgan fingerprint density at radius 3 is 2.26 bits per heavy atom. The maximum absolute atomic E-state index is 11.7. The zero-order chi connectivity index (χ0) is 17.2. The summed E-state index contributed by atoms with van der Waals surface area (Å²) in [7, 11) is 0. The summed E-state index contributed by atoms with van der Waals surface area (Å²) in [4.78, 5) is 27.8. The topological polar surface area (TPSA) is 79.8 Å². The smallest absolute Gasteiger partial charge is 0.260 e. The van der Waals surface area contributed by atoms with Crippen LogP contribution in [-0.2, 0) is 14.4 Å². The van der Waals surface area contributed by atoms with Crippen LogP contribution in [0.25, 0.3) is 0 Å². The number of amides is 2. The third kappa shape index (κ3) is 6.95. The third-order valence-corrected chi connectivity index (χ3v) is 3.37. The summed E-state index contributed by atoms with van der Waals surface area (Å²) in [5, 5.41) is 9.53. The molecule has 0 aliphatic heterocycles. The Bertz CT molecular complexity index is 549. The van der Waals surface area contributed by atoms with E-state index in [1.54, 1.807) is 19.1 Å². The van der Waals surface area contributed by atoms with E-state index in [1.807, 2.05) is 26.0 Å². The van der Waals surface area contributed by atoms with Crippen LogP contribution in [0, 0.1) is 0 Å². The molecular formula is C17H25N3O3. The number of nitrogens with one attached hydrogen (secondary N) is 2. The number of oxime groups is 1. The van der Waals surface area contributed by atoms with Crippen molar-refractivity contribution in [1.82, 2.24) is 5.32 Å². The molecule has 0 spiro atoms. The number of hydrogen-bond acceptors (Lipinski definition) is 4. The van der Waals surface area contributed by atoms with Gasteiger partial charge in [-0.05, 0) is 37.5 Å². The molecule has 2 N–H and O–H groups in total. The van der Waals surface area contributed by atoms with Gasteiger partial charge >= 0.3 is 0 Å². The molecule has 0 saturated carbocycles. The van der Waals surface area contributed by atoms with Crippen LogP contribution in [-0.4, -0.2) is 30.2 Å². The molecule has 1 rings (SSSR count). The van der Waals surface area contributed by atoms with E-state index in [9.17, 15) is 9.59 Å². The minimum absolute atomic E-state index is 0.0994. The predicted octanol–water partition coefficient (Wildman–Crippen LogP) is 2.69. The molecule has 0 heterocycles. The molecule has 2 amide bonds. The summed E-state index contributed by atoms with van der Waals surface area (Å²) in [6.45, 7) is 7.22. The van der Waals surface area contributed by atoms with Crippen molar-refractivity contribution < 1.29 is 14.4 Å². The van der Waals surface area contributed by atoms with E-state index >= 15 is 0 Å². The van der Waals surface area contributed by atoms with Gasteiger partial charge in [-0.2, -0.15) is 0 Å². The highest BCUT2D eigenvalue weighted by Gasteiger charge is 2.08. The van der Waals surface area contributed by atoms with Crippen LogP contribution >= 0.6 is 0 Å². The summed E-state index contributed by atoms with van der Waals surface area (Å²) < 4.78 is 0. The lowest BCUT2D eigenvalue weighted by atomic mass is 10.1. The molecule has 0 aliphatic rings. The largest absolute Gasteiger partial charge is 0.385 e. The number of benzene rings is 1. The Balaban J connectivity index is 2.50. The molecular weight excluding hydrogens is 294 g/mol. The second-order valence-electron chi connectivity index (χ2n) is 5.29. The van der Waals surface area contributed by atoms with Crippen molar-refractivity contribution in [3.8, 4) is 0 Å². The van der Waals surface area contributed by atoms with Crippen molar-refractivity contribution in [1.29, 1.82) is 0 Å². The molecule has 6 heteroatoms. The van der Waals surface area contributed by atoms with Gasteiger partial charge in [0.1, 0.15) is 0 Å². The van der Waals surface area contributed by atoms with Crippen molar-refractivity contribution in [2.45, 2.75) is 46.6 Å². The molecule has 0 atom stereocenters. The molecule has 126 valence electrons. The normalized spacial score (nSPS) is 11.3. The van der Waals surface area contributed by atoms with E-state index in [1.165, 1.54) is 6.92 Å². The molecule has 0 radical (unpaired) electrons. The van der Waals surface area contributed by atoms with Gasteiger partial charge in [-0.3, -0.25) is 9.59 Å². The number of carbonyl (C=O) groups is 2. The molecule has 0 bridgehead atoms. The number of rotatable bonds is 8. The predicted molar refractivity (Wildman–Crippen MR) is 91.4 cm³/mol. The number of hydrogen-bond donors (Lipinski definition) is 2. The quantitative estimate of drug-likeness (QED) is 0.571. The maximum atomic E-state index is 11.7. The standard InChI is InChI=1S/C17H25N3O3/c1-5-15(6-2)19-17(22)11-23-20-12(3)14-7-9-16(10-8-14)18-13(4)21/h7-10,15H,5-6,11H2,1-4H3,(H,18,21)(H,19,22)/b20-12+. The van der Waals surface area contributed by atoms with Crippen LogP contribution in [0.5, 0.6) is 0 Å². The fourth-order valence-electron chi connectivity index (χ4n) is 2.00. The Labute approximate surface area is 137 Å². The molecule has 0 aromatic heterocycles. The highest BCUT2D eigenvalue weighted by atomic mass is 16.6. The summed E-state index contributed by atoms with van der Waals surface area (Å²) in [6.07, 6.45) is 1.79. The van der Waals surface area contributed by atoms with Gasteiger partial charge in [0.2, 0.25) is 5.91 Å². The summed E-state index contributed by atoms with van der Waals surface area (Å²) in [5.41, 5.74) is 2.24. The van der Waals surface area contributed by atoms with Crippen LogP contribution in [0.4, 0.5) is 5.69 Å². The van der Waals surface area contributed by atoms with E-state index in [4.69, 9.17) is 4.84 Å². The van der Waals surface area contributed by atoms with E-state index in [2.05, 4.69) is 15.8 Å². The molecule has 6 nitrogen and oxygen atoms in total. The van der Waals surface area contributed by atoms with Crippen molar-refractivity contribution >= 4 is 23.2 Å². The first-order valence-electron chi connectivity index (χ1n) is 7.80. The monoisotopic (exact) mass is 319 g/mol. The highest BCUT2D eigenvalue weighted by Crippen LogP contribution is 2.10. The minimum Gasteiger partial charge on any atom is -0.385 e. The Hall–Kier alpha value is -2.37. The first-order valence-corrected chi connectivity index (χ1v) is 7.80. The zero-order valence-electron chi connectivity index (χ0n) is 14.2. The Kier molecular flexibility index (Phi) is 7.80. The summed E-state index contributed by atoms with van der Waals surface area (Å²) in [5.74, 6) is -0.286. The lowest BCUT2D eigenvalue weighted by molar-refractivity contribution is -0.126. The average molecular weight is 319 g/mol. The number of carbonyl (C=O) groups excluding carboxylic acids is 2. The third-order valence-electron chi connectivity index (χ3n) is 3.37. The van der Waals surface area contributed by atoms with Gasteiger partial charge < -0.3 is 15.5 Å². The molecule has 1 aromatic carbocycles. The highest BCUT2D eigenvalue weighted by molar-refractivity contribution is 5.99. The van der Waals surface area contributed by atoms with Crippen LogP contribution < -0.4 is 10.6 Å². The first-order chi connectivity index (χ1) is 11.0. The van der Waals surface area contributed by atoms with E-state index in [0.29, 0.717) is 5.71 Å². The maximum Gasteiger partial charge on any atom is 0.260 e.